The van der Waals surface area contributed by atoms with Crippen LogP contribution in [0.3, 0.4) is 0 Å². The number of fused-ring (bicyclic) bond motifs is 1. The Kier molecular flexibility index (Phi) is 4.10. The van der Waals surface area contributed by atoms with E-state index in [0.29, 0.717) is 13.0 Å². The summed E-state index contributed by atoms with van der Waals surface area (Å²) >= 11 is 0. The van der Waals surface area contributed by atoms with Crippen LogP contribution in [0.1, 0.15) is 23.6 Å². The summed E-state index contributed by atoms with van der Waals surface area (Å²) in [6.45, 7) is 0.533. The molecule has 0 fully saturated rings. The maximum Gasteiger partial charge on any atom is 0.180 e. The van der Waals surface area contributed by atoms with Crippen molar-refractivity contribution in [1.29, 1.82) is 5.26 Å². The summed E-state index contributed by atoms with van der Waals surface area (Å²) in [7, 11) is -3.04. The van der Waals surface area contributed by atoms with Crippen molar-refractivity contribution >= 4 is 9.84 Å². The van der Waals surface area contributed by atoms with E-state index in [-0.39, 0.29) is 11.8 Å². The molecular formula is C18H18N2O2S. The molecule has 1 unspecified atom stereocenters. The molecule has 0 saturated carbocycles. The first kappa shape index (κ1) is 15.6. The maximum atomic E-state index is 11.5. The highest BCUT2D eigenvalue weighted by atomic mass is 32.2. The van der Waals surface area contributed by atoms with Crippen LogP contribution >= 0.6 is 0 Å². The summed E-state index contributed by atoms with van der Waals surface area (Å²) in [5.41, 5.74) is 4.42. The Labute approximate surface area is 136 Å². The van der Waals surface area contributed by atoms with E-state index in [1.165, 1.54) is 6.26 Å². The lowest BCUT2D eigenvalue weighted by Gasteiger charge is -2.18. The van der Waals surface area contributed by atoms with Gasteiger partial charge in [0.1, 0.15) is 9.84 Å². The van der Waals surface area contributed by atoms with E-state index < -0.39 is 9.84 Å². The summed E-state index contributed by atoms with van der Waals surface area (Å²) in [5.74, 6) is 0.0881. The van der Waals surface area contributed by atoms with E-state index in [1.54, 1.807) is 4.90 Å². The molecule has 1 heterocycles. The van der Waals surface area contributed by atoms with Crippen LogP contribution in [0.15, 0.2) is 48.5 Å². The van der Waals surface area contributed by atoms with Gasteiger partial charge < -0.3 is 0 Å². The summed E-state index contributed by atoms with van der Waals surface area (Å²) in [4.78, 5) is 1.68. The van der Waals surface area contributed by atoms with Gasteiger partial charge in [-0.1, -0.05) is 48.5 Å². The molecule has 0 aromatic heterocycles. The molecule has 1 aliphatic heterocycles. The van der Waals surface area contributed by atoms with Gasteiger partial charge in [-0.25, -0.2) is 8.42 Å². The zero-order valence-electron chi connectivity index (χ0n) is 12.9. The molecule has 0 radical (unpaired) electrons. The number of hydrogen-bond acceptors (Lipinski definition) is 4. The predicted molar refractivity (Wildman–Crippen MR) is 90.1 cm³/mol. The Morgan fingerprint density at radius 2 is 1.91 bits per heavy atom. The van der Waals surface area contributed by atoms with Crippen LogP contribution in [-0.4, -0.2) is 25.3 Å². The number of nitrogens with zero attached hydrogens (tertiary/aromatic N) is 2. The van der Waals surface area contributed by atoms with Crippen molar-refractivity contribution in [1.82, 2.24) is 4.90 Å². The number of rotatable bonds is 4. The minimum absolute atomic E-state index is 0.0881. The van der Waals surface area contributed by atoms with E-state index >= 15 is 0 Å². The topological polar surface area (TPSA) is 61.2 Å². The first-order valence-electron chi connectivity index (χ1n) is 7.51. The van der Waals surface area contributed by atoms with E-state index in [4.69, 9.17) is 0 Å². The molecule has 23 heavy (non-hydrogen) atoms. The first-order valence-corrected chi connectivity index (χ1v) is 9.57. The fourth-order valence-electron chi connectivity index (χ4n) is 3.17. The van der Waals surface area contributed by atoms with Crippen LogP contribution < -0.4 is 0 Å². The van der Waals surface area contributed by atoms with Gasteiger partial charge in [0.2, 0.25) is 0 Å². The Morgan fingerprint density at radius 1 is 1.17 bits per heavy atom. The van der Waals surface area contributed by atoms with E-state index in [1.807, 2.05) is 30.3 Å². The van der Waals surface area contributed by atoms with E-state index in [9.17, 15) is 13.7 Å². The van der Waals surface area contributed by atoms with Crippen LogP contribution in [0.4, 0.5) is 0 Å². The quantitative estimate of drug-likeness (QED) is 0.810. The molecule has 3 rings (SSSR count). The molecule has 1 aliphatic rings. The Morgan fingerprint density at radius 3 is 2.57 bits per heavy atom. The largest absolute Gasteiger partial charge is 0.299 e. The highest BCUT2D eigenvalue weighted by Crippen LogP contribution is 2.40. The molecule has 2 aromatic carbocycles. The van der Waals surface area contributed by atoms with Gasteiger partial charge in [-0.05, 0) is 28.7 Å². The second-order valence-electron chi connectivity index (χ2n) is 5.90. The van der Waals surface area contributed by atoms with Gasteiger partial charge in [-0.3, -0.25) is 4.90 Å². The van der Waals surface area contributed by atoms with E-state index in [0.717, 1.165) is 22.3 Å². The van der Waals surface area contributed by atoms with Gasteiger partial charge in [0.25, 0.3) is 0 Å². The average Bonchev–Trinajstić information content (AvgIpc) is 2.90. The van der Waals surface area contributed by atoms with Gasteiger partial charge in [0.15, 0.2) is 6.19 Å². The number of nitriles is 1. The van der Waals surface area contributed by atoms with Gasteiger partial charge in [0, 0.05) is 6.26 Å². The second kappa shape index (κ2) is 6.05. The fourth-order valence-corrected chi connectivity index (χ4v) is 3.82. The molecule has 0 N–H and O–H groups in total. The van der Waals surface area contributed by atoms with Crippen molar-refractivity contribution in [3.8, 4) is 17.3 Å². The standard InChI is InChI=1S/C18H18N2O2S/c1-23(21,22)11-10-18-16-9-5-8-15(14-6-3-2-4-7-14)17(16)12-20(18)13-19/h2-9,18H,10-12H2,1H3. The minimum atomic E-state index is -3.04. The molecule has 4 nitrogen and oxygen atoms in total. The van der Waals surface area contributed by atoms with Crippen LogP contribution in [-0.2, 0) is 16.4 Å². The third-order valence-electron chi connectivity index (χ3n) is 4.25. The monoisotopic (exact) mass is 326 g/mol. The van der Waals surface area contributed by atoms with Crippen molar-refractivity contribution < 1.29 is 8.42 Å². The number of benzene rings is 2. The molecule has 0 saturated heterocycles. The van der Waals surface area contributed by atoms with Crippen molar-refractivity contribution in [2.75, 3.05) is 12.0 Å². The molecule has 0 spiro atoms. The number of sulfone groups is 1. The van der Waals surface area contributed by atoms with Crippen LogP contribution in [0.25, 0.3) is 11.1 Å². The molecular weight excluding hydrogens is 308 g/mol. The highest BCUT2D eigenvalue weighted by Gasteiger charge is 2.31. The molecule has 0 aliphatic carbocycles. The van der Waals surface area contributed by atoms with Crippen molar-refractivity contribution in [2.45, 2.75) is 19.0 Å². The lowest BCUT2D eigenvalue weighted by Crippen LogP contribution is -2.19. The van der Waals surface area contributed by atoms with Crippen molar-refractivity contribution in [3.63, 3.8) is 0 Å². The molecule has 5 heteroatoms. The summed E-state index contributed by atoms with van der Waals surface area (Å²) < 4.78 is 23.0. The van der Waals surface area contributed by atoms with E-state index in [2.05, 4.69) is 24.4 Å². The highest BCUT2D eigenvalue weighted by molar-refractivity contribution is 7.90. The van der Waals surface area contributed by atoms with Crippen LogP contribution in [0.2, 0.25) is 0 Å². The lowest BCUT2D eigenvalue weighted by molar-refractivity contribution is 0.314. The SMILES string of the molecule is CS(=O)(=O)CCC1c2cccc(-c3ccccc3)c2CN1C#N. The first-order chi connectivity index (χ1) is 11.0. The number of hydrogen-bond donors (Lipinski definition) is 0. The smallest absolute Gasteiger partial charge is 0.180 e. The maximum absolute atomic E-state index is 11.5. The van der Waals surface area contributed by atoms with Crippen molar-refractivity contribution in [3.05, 3.63) is 59.7 Å². The normalized spacial score (nSPS) is 16.9. The Bertz CT molecular complexity index is 854. The Hall–Kier alpha value is -2.32. The van der Waals surface area contributed by atoms with Gasteiger partial charge in [-0.2, -0.15) is 5.26 Å². The zero-order chi connectivity index (χ0) is 16.4. The zero-order valence-corrected chi connectivity index (χ0v) is 13.8. The molecule has 118 valence electrons. The molecule has 0 bridgehead atoms. The lowest BCUT2D eigenvalue weighted by atomic mass is 9.94. The molecule has 1 atom stereocenters. The summed E-state index contributed by atoms with van der Waals surface area (Å²) in [6.07, 6.45) is 3.89. The minimum Gasteiger partial charge on any atom is -0.299 e. The van der Waals surface area contributed by atoms with Crippen LogP contribution in [0.5, 0.6) is 0 Å². The van der Waals surface area contributed by atoms with Gasteiger partial charge >= 0.3 is 0 Å². The van der Waals surface area contributed by atoms with Crippen molar-refractivity contribution in [2.24, 2.45) is 0 Å². The third-order valence-corrected chi connectivity index (χ3v) is 5.23. The van der Waals surface area contributed by atoms with Crippen LogP contribution in [0, 0.1) is 11.5 Å². The average molecular weight is 326 g/mol. The molecule has 2 aromatic rings. The summed E-state index contributed by atoms with van der Waals surface area (Å²) in [6, 6.07) is 16.0. The second-order valence-corrected chi connectivity index (χ2v) is 8.16. The predicted octanol–water partition coefficient (Wildman–Crippen LogP) is 3.13. The van der Waals surface area contributed by atoms with Gasteiger partial charge in [-0.15, -0.1) is 0 Å². The fraction of sp³-hybridized carbons (Fsp3) is 0.278. The third kappa shape index (κ3) is 3.22. The Balaban J connectivity index is 2.00. The van der Waals surface area contributed by atoms with Gasteiger partial charge in [0.05, 0.1) is 18.3 Å². The summed E-state index contributed by atoms with van der Waals surface area (Å²) in [5, 5.41) is 9.43. The molecule has 0 amide bonds.